The van der Waals surface area contributed by atoms with E-state index in [4.69, 9.17) is 5.73 Å². The molecule has 1 rings (SSSR count). The summed E-state index contributed by atoms with van der Waals surface area (Å²) in [6, 6.07) is 4.05. The molecule has 2 N–H and O–H groups in total. The maximum atomic E-state index is 6.07. The van der Waals surface area contributed by atoms with Gasteiger partial charge in [-0.05, 0) is 40.8 Å². The van der Waals surface area contributed by atoms with Gasteiger partial charge in [0.15, 0.2) is 0 Å². The highest BCUT2D eigenvalue weighted by Gasteiger charge is 2.10. The van der Waals surface area contributed by atoms with Crippen LogP contribution in [0.3, 0.4) is 0 Å². The third kappa shape index (κ3) is 3.39. The number of rotatable bonds is 4. The predicted octanol–water partition coefficient (Wildman–Crippen LogP) is 3.28. The second kappa shape index (κ2) is 5.47. The monoisotopic (exact) mass is 256 g/mol. The van der Waals surface area contributed by atoms with Crippen LogP contribution in [-0.4, -0.2) is 4.98 Å². The van der Waals surface area contributed by atoms with Crippen LogP contribution in [0.1, 0.15) is 38.3 Å². The van der Waals surface area contributed by atoms with E-state index >= 15 is 0 Å². The summed E-state index contributed by atoms with van der Waals surface area (Å²) >= 11 is 3.41. The van der Waals surface area contributed by atoms with Crippen LogP contribution in [0, 0.1) is 5.92 Å². The highest BCUT2D eigenvalue weighted by atomic mass is 79.9. The second-order valence-electron chi connectivity index (χ2n) is 3.96. The summed E-state index contributed by atoms with van der Waals surface area (Å²) in [6.45, 7) is 4.43. The van der Waals surface area contributed by atoms with Crippen molar-refractivity contribution in [3.05, 3.63) is 28.5 Å². The zero-order chi connectivity index (χ0) is 10.6. The molecule has 1 atom stereocenters. The Labute approximate surface area is 94.0 Å². The van der Waals surface area contributed by atoms with Crippen LogP contribution < -0.4 is 5.73 Å². The van der Waals surface area contributed by atoms with E-state index in [9.17, 15) is 0 Å². The summed E-state index contributed by atoms with van der Waals surface area (Å²) < 4.78 is 0.872. The number of aromatic nitrogens is 1. The van der Waals surface area contributed by atoms with E-state index in [0.29, 0.717) is 5.92 Å². The third-order valence-corrected chi connectivity index (χ3v) is 2.91. The SMILES string of the molecule is CC(C)CC[C@@H](N)c1cccnc1Br. The highest BCUT2D eigenvalue weighted by molar-refractivity contribution is 9.10. The molecule has 2 nitrogen and oxygen atoms in total. The first-order chi connectivity index (χ1) is 6.61. The van der Waals surface area contributed by atoms with Crippen molar-refractivity contribution in [2.45, 2.75) is 32.7 Å². The minimum absolute atomic E-state index is 0.0977. The molecule has 0 spiro atoms. The fourth-order valence-electron chi connectivity index (χ4n) is 1.34. The molecule has 0 unspecified atom stereocenters. The molecule has 0 saturated heterocycles. The molecule has 14 heavy (non-hydrogen) atoms. The van der Waals surface area contributed by atoms with E-state index < -0.39 is 0 Å². The van der Waals surface area contributed by atoms with Crippen molar-refractivity contribution in [1.29, 1.82) is 0 Å². The van der Waals surface area contributed by atoms with E-state index in [-0.39, 0.29) is 6.04 Å². The topological polar surface area (TPSA) is 38.9 Å². The minimum atomic E-state index is 0.0977. The Morgan fingerprint density at radius 3 is 2.71 bits per heavy atom. The summed E-state index contributed by atoms with van der Waals surface area (Å²) in [5, 5.41) is 0. The number of hydrogen-bond donors (Lipinski definition) is 1. The first-order valence-corrected chi connectivity index (χ1v) is 5.76. The molecular weight excluding hydrogens is 240 g/mol. The normalized spacial score (nSPS) is 13.2. The van der Waals surface area contributed by atoms with Gasteiger partial charge in [0.25, 0.3) is 0 Å². The maximum absolute atomic E-state index is 6.07. The van der Waals surface area contributed by atoms with Gasteiger partial charge in [0.05, 0.1) is 0 Å². The molecule has 0 aliphatic carbocycles. The molecule has 1 heterocycles. The number of nitrogens with zero attached hydrogens (tertiary/aromatic N) is 1. The smallest absolute Gasteiger partial charge is 0.110 e. The Hall–Kier alpha value is -0.410. The lowest BCUT2D eigenvalue weighted by Crippen LogP contribution is -2.12. The fourth-order valence-corrected chi connectivity index (χ4v) is 1.89. The Morgan fingerprint density at radius 1 is 1.43 bits per heavy atom. The zero-order valence-corrected chi connectivity index (χ0v) is 10.3. The first kappa shape index (κ1) is 11.7. The molecule has 0 aliphatic rings. The van der Waals surface area contributed by atoms with Crippen LogP contribution in [0.4, 0.5) is 0 Å². The van der Waals surface area contributed by atoms with Crippen LogP contribution >= 0.6 is 15.9 Å². The van der Waals surface area contributed by atoms with Gasteiger partial charge < -0.3 is 5.73 Å². The van der Waals surface area contributed by atoms with E-state index in [0.717, 1.165) is 23.0 Å². The fraction of sp³-hybridized carbons (Fsp3) is 0.545. The van der Waals surface area contributed by atoms with Crippen molar-refractivity contribution in [2.75, 3.05) is 0 Å². The van der Waals surface area contributed by atoms with Gasteiger partial charge in [-0.1, -0.05) is 19.9 Å². The van der Waals surface area contributed by atoms with Gasteiger partial charge in [-0.25, -0.2) is 4.98 Å². The van der Waals surface area contributed by atoms with Crippen LogP contribution in [0.5, 0.6) is 0 Å². The van der Waals surface area contributed by atoms with Gasteiger partial charge in [-0.3, -0.25) is 0 Å². The van der Waals surface area contributed by atoms with E-state index in [1.807, 2.05) is 12.1 Å². The van der Waals surface area contributed by atoms with Gasteiger partial charge in [0.2, 0.25) is 0 Å². The van der Waals surface area contributed by atoms with E-state index in [1.165, 1.54) is 0 Å². The van der Waals surface area contributed by atoms with Crippen molar-refractivity contribution in [2.24, 2.45) is 11.7 Å². The molecule has 0 aliphatic heterocycles. The highest BCUT2D eigenvalue weighted by Crippen LogP contribution is 2.23. The van der Waals surface area contributed by atoms with Crippen molar-refractivity contribution < 1.29 is 0 Å². The average molecular weight is 257 g/mol. The lowest BCUT2D eigenvalue weighted by atomic mass is 10.00. The van der Waals surface area contributed by atoms with E-state index in [1.54, 1.807) is 6.20 Å². The number of pyridine rings is 1. The molecule has 1 aromatic rings. The number of hydrogen-bond acceptors (Lipinski definition) is 2. The molecule has 0 radical (unpaired) electrons. The number of halogens is 1. The Kier molecular flexibility index (Phi) is 4.55. The van der Waals surface area contributed by atoms with E-state index in [2.05, 4.69) is 34.8 Å². The standard InChI is InChI=1S/C11H17BrN2/c1-8(2)5-6-10(13)9-4-3-7-14-11(9)12/h3-4,7-8,10H,5-6,13H2,1-2H3/t10-/m1/s1. The lowest BCUT2D eigenvalue weighted by Gasteiger charge is -2.14. The Bertz CT molecular complexity index is 286. The Morgan fingerprint density at radius 2 is 2.14 bits per heavy atom. The molecule has 0 fully saturated rings. The summed E-state index contributed by atoms with van der Waals surface area (Å²) in [4.78, 5) is 4.16. The van der Waals surface area contributed by atoms with Gasteiger partial charge in [-0.15, -0.1) is 0 Å². The van der Waals surface area contributed by atoms with Crippen LogP contribution in [-0.2, 0) is 0 Å². The van der Waals surface area contributed by atoms with Gasteiger partial charge in [0.1, 0.15) is 4.60 Å². The van der Waals surface area contributed by atoms with Crippen LogP contribution in [0.2, 0.25) is 0 Å². The lowest BCUT2D eigenvalue weighted by molar-refractivity contribution is 0.505. The number of nitrogens with two attached hydrogens (primary N) is 1. The van der Waals surface area contributed by atoms with Gasteiger partial charge in [-0.2, -0.15) is 0 Å². The predicted molar refractivity (Wildman–Crippen MR) is 62.9 cm³/mol. The van der Waals surface area contributed by atoms with Crippen LogP contribution in [0.25, 0.3) is 0 Å². The molecular formula is C11H17BrN2. The molecule has 1 aromatic heterocycles. The molecule has 78 valence electrons. The van der Waals surface area contributed by atoms with Gasteiger partial charge >= 0.3 is 0 Å². The quantitative estimate of drug-likeness (QED) is 0.840. The van der Waals surface area contributed by atoms with Crippen LogP contribution in [0.15, 0.2) is 22.9 Å². The van der Waals surface area contributed by atoms with Crippen molar-refractivity contribution in [1.82, 2.24) is 4.98 Å². The summed E-state index contributed by atoms with van der Waals surface area (Å²) in [5.74, 6) is 0.705. The molecule has 0 saturated carbocycles. The first-order valence-electron chi connectivity index (χ1n) is 4.97. The maximum Gasteiger partial charge on any atom is 0.110 e. The van der Waals surface area contributed by atoms with Crippen molar-refractivity contribution in [3.63, 3.8) is 0 Å². The molecule has 0 amide bonds. The van der Waals surface area contributed by atoms with Gasteiger partial charge in [0, 0.05) is 17.8 Å². The van der Waals surface area contributed by atoms with Crippen molar-refractivity contribution in [3.8, 4) is 0 Å². The largest absolute Gasteiger partial charge is 0.324 e. The summed E-state index contributed by atoms with van der Waals surface area (Å²) in [6.07, 6.45) is 3.94. The summed E-state index contributed by atoms with van der Waals surface area (Å²) in [7, 11) is 0. The minimum Gasteiger partial charge on any atom is -0.324 e. The average Bonchev–Trinajstić information content (AvgIpc) is 2.15. The molecule has 3 heteroatoms. The third-order valence-electron chi connectivity index (χ3n) is 2.24. The zero-order valence-electron chi connectivity index (χ0n) is 8.70. The summed E-state index contributed by atoms with van der Waals surface area (Å²) in [5.41, 5.74) is 7.18. The second-order valence-corrected chi connectivity index (χ2v) is 4.71. The Balaban J connectivity index is 2.60. The van der Waals surface area contributed by atoms with Crippen molar-refractivity contribution >= 4 is 15.9 Å². The molecule has 0 aromatic carbocycles. The molecule has 0 bridgehead atoms.